The highest BCUT2D eigenvalue weighted by atomic mass is 19.1. The average molecular weight is 293 g/mol. The monoisotopic (exact) mass is 293 g/mol. The fourth-order valence-electron chi connectivity index (χ4n) is 2.56. The van der Waals surface area contributed by atoms with Gasteiger partial charge < -0.3 is 10.6 Å². The zero-order chi connectivity index (χ0) is 14.8. The molecular formula is C14H17F2N5. The molecule has 1 saturated heterocycles. The molecule has 1 aliphatic rings. The maximum atomic E-state index is 13.7. The van der Waals surface area contributed by atoms with Crippen molar-refractivity contribution in [2.24, 2.45) is 11.7 Å². The van der Waals surface area contributed by atoms with Crippen LogP contribution in [0.3, 0.4) is 0 Å². The third-order valence-electron chi connectivity index (χ3n) is 3.89. The van der Waals surface area contributed by atoms with Crippen molar-refractivity contribution in [2.75, 3.05) is 24.5 Å². The van der Waals surface area contributed by atoms with Crippen LogP contribution in [0.2, 0.25) is 0 Å². The van der Waals surface area contributed by atoms with Gasteiger partial charge in [0.2, 0.25) is 5.95 Å². The predicted octanol–water partition coefficient (Wildman–Crippen LogP) is 1.93. The Kier molecular flexibility index (Phi) is 3.83. The minimum absolute atomic E-state index is 0.0885. The molecule has 1 fully saturated rings. The first-order valence-electron chi connectivity index (χ1n) is 7.00. The normalized spacial score (nSPS) is 16.4. The van der Waals surface area contributed by atoms with Gasteiger partial charge in [-0.1, -0.05) is 0 Å². The standard InChI is InChI=1S/C14H17F2N5/c15-10-1-2-12(16)11(7-10)13-18-14(20-19-13)21-5-3-9(8-17)4-6-21/h1-2,7,9H,3-6,8,17H2,(H,18,19,20). The van der Waals surface area contributed by atoms with E-state index in [1.165, 1.54) is 0 Å². The lowest BCUT2D eigenvalue weighted by molar-refractivity contribution is 0.411. The first kappa shape index (κ1) is 13.9. The van der Waals surface area contributed by atoms with E-state index in [1.807, 2.05) is 4.90 Å². The molecule has 0 radical (unpaired) electrons. The summed E-state index contributed by atoms with van der Waals surface area (Å²) in [4.78, 5) is 6.31. The molecule has 0 aliphatic carbocycles. The van der Waals surface area contributed by atoms with Gasteiger partial charge in [0, 0.05) is 13.1 Å². The highest BCUT2D eigenvalue weighted by Gasteiger charge is 2.21. The molecule has 21 heavy (non-hydrogen) atoms. The van der Waals surface area contributed by atoms with Crippen LogP contribution in [0.15, 0.2) is 18.2 Å². The number of aromatic nitrogens is 3. The Labute approximate surface area is 121 Å². The molecule has 3 rings (SSSR count). The molecule has 1 aromatic carbocycles. The molecule has 1 aromatic heterocycles. The summed E-state index contributed by atoms with van der Waals surface area (Å²) in [6.07, 6.45) is 1.99. The number of aromatic amines is 1. The van der Waals surface area contributed by atoms with Gasteiger partial charge in [-0.25, -0.2) is 8.78 Å². The first-order chi connectivity index (χ1) is 10.2. The van der Waals surface area contributed by atoms with Crippen LogP contribution in [-0.2, 0) is 0 Å². The SMILES string of the molecule is NCC1CCN(c2n[nH]c(-c3cc(F)ccc3F)n2)CC1. The second kappa shape index (κ2) is 5.77. The Morgan fingerprint density at radius 2 is 2.05 bits per heavy atom. The number of nitrogens with zero attached hydrogens (tertiary/aromatic N) is 3. The van der Waals surface area contributed by atoms with Crippen molar-refractivity contribution in [3.8, 4) is 11.4 Å². The number of rotatable bonds is 3. The molecule has 5 nitrogen and oxygen atoms in total. The smallest absolute Gasteiger partial charge is 0.245 e. The molecule has 1 aliphatic heterocycles. The molecule has 2 aromatic rings. The third kappa shape index (κ3) is 2.87. The zero-order valence-electron chi connectivity index (χ0n) is 11.5. The zero-order valence-corrected chi connectivity index (χ0v) is 11.5. The lowest BCUT2D eigenvalue weighted by atomic mass is 9.97. The summed E-state index contributed by atoms with van der Waals surface area (Å²) < 4.78 is 26.9. The van der Waals surface area contributed by atoms with Gasteiger partial charge in [0.15, 0.2) is 5.82 Å². The topological polar surface area (TPSA) is 70.8 Å². The third-order valence-corrected chi connectivity index (χ3v) is 3.89. The van der Waals surface area contributed by atoms with E-state index in [1.54, 1.807) is 0 Å². The van der Waals surface area contributed by atoms with Gasteiger partial charge in [-0.2, -0.15) is 4.98 Å². The lowest BCUT2D eigenvalue weighted by Gasteiger charge is -2.30. The number of hydrogen-bond acceptors (Lipinski definition) is 4. The molecule has 0 amide bonds. The van der Waals surface area contributed by atoms with Crippen LogP contribution in [-0.4, -0.2) is 34.8 Å². The minimum atomic E-state index is -0.527. The fourth-order valence-corrected chi connectivity index (χ4v) is 2.56. The van der Waals surface area contributed by atoms with E-state index in [4.69, 9.17) is 5.73 Å². The van der Waals surface area contributed by atoms with Gasteiger partial charge >= 0.3 is 0 Å². The van der Waals surface area contributed by atoms with Gasteiger partial charge in [0.25, 0.3) is 0 Å². The molecule has 7 heteroatoms. The number of benzene rings is 1. The Hall–Kier alpha value is -2.02. The summed E-state index contributed by atoms with van der Waals surface area (Å²) in [6.45, 7) is 2.34. The van der Waals surface area contributed by atoms with Crippen LogP contribution >= 0.6 is 0 Å². The van der Waals surface area contributed by atoms with Crippen LogP contribution in [0, 0.1) is 17.6 Å². The Morgan fingerprint density at radius 1 is 1.29 bits per heavy atom. The molecule has 0 atom stereocenters. The largest absolute Gasteiger partial charge is 0.340 e. The summed E-state index contributed by atoms with van der Waals surface area (Å²) in [6, 6.07) is 3.27. The predicted molar refractivity (Wildman–Crippen MR) is 75.7 cm³/mol. The van der Waals surface area contributed by atoms with Crippen LogP contribution < -0.4 is 10.6 Å². The van der Waals surface area contributed by atoms with Crippen LogP contribution in [0.4, 0.5) is 14.7 Å². The highest BCUT2D eigenvalue weighted by molar-refractivity contribution is 5.57. The van der Waals surface area contributed by atoms with Crippen molar-refractivity contribution in [3.05, 3.63) is 29.8 Å². The van der Waals surface area contributed by atoms with Crippen LogP contribution in [0.5, 0.6) is 0 Å². The average Bonchev–Trinajstić information content (AvgIpc) is 2.99. The van der Waals surface area contributed by atoms with E-state index < -0.39 is 11.6 Å². The van der Waals surface area contributed by atoms with Crippen molar-refractivity contribution in [3.63, 3.8) is 0 Å². The number of halogens is 2. The number of nitrogens with two attached hydrogens (primary N) is 1. The van der Waals surface area contributed by atoms with Gasteiger partial charge in [-0.3, -0.25) is 5.10 Å². The van der Waals surface area contributed by atoms with E-state index in [0.717, 1.165) is 44.1 Å². The summed E-state index contributed by atoms with van der Waals surface area (Å²) >= 11 is 0. The highest BCUT2D eigenvalue weighted by Crippen LogP contribution is 2.24. The van der Waals surface area contributed by atoms with Crippen molar-refractivity contribution in [1.82, 2.24) is 15.2 Å². The van der Waals surface area contributed by atoms with Crippen molar-refractivity contribution < 1.29 is 8.78 Å². The number of anilines is 1. The quantitative estimate of drug-likeness (QED) is 0.907. The van der Waals surface area contributed by atoms with Crippen molar-refractivity contribution >= 4 is 5.95 Å². The molecule has 3 N–H and O–H groups in total. The summed E-state index contributed by atoms with van der Waals surface area (Å²) in [7, 11) is 0. The molecule has 0 saturated carbocycles. The van der Waals surface area contributed by atoms with Gasteiger partial charge in [0.1, 0.15) is 11.6 Å². The number of piperidine rings is 1. The second-order valence-electron chi connectivity index (χ2n) is 5.27. The minimum Gasteiger partial charge on any atom is -0.340 e. The van der Waals surface area contributed by atoms with E-state index in [9.17, 15) is 8.78 Å². The maximum absolute atomic E-state index is 13.7. The number of nitrogens with one attached hydrogen (secondary N) is 1. The Balaban J connectivity index is 1.79. The van der Waals surface area contributed by atoms with E-state index in [-0.39, 0.29) is 11.4 Å². The molecule has 112 valence electrons. The van der Waals surface area contributed by atoms with Crippen LogP contribution in [0.25, 0.3) is 11.4 Å². The summed E-state index contributed by atoms with van der Waals surface area (Å²) in [5.41, 5.74) is 5.75. The molecule has 2 heterocycles. The van der Waals surface area contributed by atoms with Gasteiger partial charge in [-0.15, -0.1) is 5.10 Å². The Morgan fingerprint density at radius 3 is 2.76 bits per heavy atom. The number of hydrogen-bond donors (Lipinski definition) is 2. The van der Waals surface area contributed by atoms with Gasteiger partial charge in [-0.05, 0) is 43.5 Å². The van der Waals surface area contributed by atoms with Crippen molar-refractivity contribution in [1.29, 1.82) is 0 Å². The van der Waals surface area contributed by atoms with Gasteiger partial charge in [0.05, 0.1) is 5.56 Å². The second-order valence-corrected chi connectivity index (χ2v) is 5.27. The van der Waals surface area contributed by atoms with E-state index >= 15 is 0 Å². The van der Waals surface area contributed by atoms with Crippen LogP contribution in [0.1, 0.15) is 12.8 Å². The Bertz CT molecular complexity index is 620. The van der Waals surface area contributed by atoms with E-state index in [0.29, 0.717) is 18.4 Å². The van der Waals surface area contributed by atoms with E-state index in [2.05, 4.69) is 15.2 Å². The van der Waals surface area contributed by atoms with Crippen molar-refractivity contribution in [2.45, 2.75) is 12.8 Å². The number of H-pyrrole nitrogens is 1. The fraction of sp³-hybridized carbons (Fsp3) is 0.429. The summed E-state index contributed by atoms with van der Waals surface area (Å²) in [5.74, 6) is 0.265. The maximum Gasteiger partial charge on any atom is 0.245 e. The molecular weight excluding hydrogens is 276 g/mol. The molecule has 0 spiro atoms. The lowest BCUT2D eigenvalue weighted by Crippen LogP contribution is -2.36. The first-order valence-corrected chi connectivity index (χ1v) is 7.00. The summed E-state index contributed by atoms with van der Waals surface area (Å²) in [5, 5.41) is 6.79. The molecule has 0 unspecified atom stereocenters. The molecule has 0 bridgehead atoms.